The number of rotatable bonds is 12. The first-order valence-electron chi connectivity index (χ1n) is 13.4. The van der Waals surface area contributed by atoms with E-state index in [0.717, 1.165) is 25.3 Å². The van der Waals surface area contributed by atoms with Crippen LogP contribution in [0.4, 0.5) is 5.69 Å². The average Bonchev–Trinajstić information content (AvgIpc) is 2.94. The molecule has 0 bridgehead atoms. The van der Waals surface area contributed by atoms with Gasteiger partial charge in [0.05, 0.1) is 0 Å². The van der Waals surface area contributed by atoms with Gasteiger partial charge >= 0.3 is 0 Å². The van der Waals surface area contributed by atoms with Crippen LogP contribution in [0.5, 0.6) is 5.75 Å². The second-order valence-corrected chi connectivity index (χ2v) is 12.0. The van der Waals surface area contributed by atoms with E-state index in [4.69, 9.17) is 9.47 Å². The van der Waals surface area contributed by atoms with Crippen molar-refractivity contribution in [3.05, 3.63) is 125 Å². The third-order valence-electron chi connectivity index (χ3n) is 7.19. The summed E-state index contributed by atoms with van der Waals surface area (Å²) in [4.78, 5) is 2.54. The molecule has 0 spiro atoms. The van der Waals surface area contributed by atoms with Crippen LogP contribution >= 0.6 is 8.58 Å². The molecule has 0 saturated carbocycles. The highest BCUT2D eigenvalue weighted by Gasteiger charge is 2.31. The van der Waals surface area contributed by atoms with Crippen LogP contribution in [-0.4, -0.2) is 13.9 Å². The standard InChI is InChI=1S/C34H40NO2P/c1-6-34(4,30-22-26(2)20-21-32(30)37-25-36-5)38-33-27(3)14-13-19-31(33)35(23-28-15-9-7-10-16-28)24-29-17-11-8-12-18-29/h7-22,38H,6,23-25H2,1-5H3. The number of methoxy groups -OCH3 is 1. The molecule has 0 fully saturated rings. The SMILES string of the molecule is CCC(C)(Pc1c(C)cccc1N(Cc1ccccc1)Cc1ccccc1)c1cc(C)ccc1OCOC. The number of nitrogens with zero attached hydrogens (tertiary/aromatic N) is 1. The fourth-order valence-corrected chi connectivity index (χ4v) is 6.57. The first-order valence-corrected chi connectivity index (χ1v) is 14.4. The molecular formula is C34H40NO2P. The fourth-order valence-electron chi connectivity index (χ4n) is 4.86. The predicted molar refractivity (Wildman–Crippen MR) is 163 cm³/mol. The van der Waals surface area contributed by atoms with Crippen molar-refractivity contribution in [1.82, 2.24) is 0 Å². The summed E-state index contributed by atoms with van der Waals surface area (Å²) in [6, 6.07) is 34.8. The molecule has 3 nitrogen and oxygen atoms in total. The Balaban J connectivity index is 1.77. The fraction of sp³-hybridized carbons (Fsp3) is 0.294. The van der Waals surface area contributed by atoms with Gasteiger partial charge in [0.15, 0.2) is 6.79 Å². The molecule has 2 unspecified atom stereocenters. The van der Waals surface area contributed by atoms with Crippen molar-refractivity contribution in [1.29, 1.82) is 0 Å². The number of ether oxygens (including phenoxy) is 2. The van der Waals surface area contributed by atoms with Gasteiger partial charge in [0.2, 0.25) is 0 Å². The van der Waals surface area contributed by atoms with E-state index in [1.807, 2.05) is 0 Å². The van der Waals surface area contributed by atoms with Crippen molar-refractivity contribution in [2.24, 2.45) is 0 Å². The Morgan fingerprint density at radius 3 is 2.00 bits per heavy atom. The zero-order valence-electron chi connectivity index (χ0n) is 23.3. The maximum absolute atomic E-state index is 6.06. The Morgan fingerprint density at radius 2 is 1.42 bits per heavy atom. The first-order chi connectivity index (χ1) is 18.4. The van der Waals surface area contributed by atoms with Gasteiger partial charge in [0.1, 0.15) is 5.75 Å². The second-order valence-electron chi connectivity index (χ2n) is 10.2. The Kier molecular flexibility index (Phi) is 9.61. The van der Waals surface area contributed by atoms with Gasteiger partial charge < -0.3 is 14.4 Å². The van der Waals surface area contributed by atoms with Gasteiger partial charge in [-0.1, -0.05) is 113 Å². The largest absolute Gasteiger partial charge is 0.467 e. The normalized spacial score (nSPS) is 13.0. The van der Waals surface area contributed by atoms with Crippen molar-refractivity contribution < 1.29 is 9.47 Å². The van der Waals surface area contributed by atoms with E-state index in [0.29, 0.717) is 8.58 Å². The quantitative estimate of drug-likeness (QED) is 0.138. The van der Waals surface area contributed by atoms with Crippen LogP contribution in [0.1, 0.15) is 48.1 Å². The van der Waals surface area contributed by atoms with E-state index in [9.17, 15) is 0 Å². The third kappa shape index (κ3) is 6.84. The van der Waals surface area contributed by atoms with Crippen LogP contribution in [0.2, 0.25) is 0 Å². The topological polar surface area (TPSA) is 21.7 Å². The molecule has 2 atom stereocenters. The molecule has 0 aromatic heterocycles. The zero-order valence-corrected chi connectivity index (χ0v) is 24.3. The van der Waals surface area contributed by atoms with Gasteiger partial charge in [0.25, 0.3) is 0 Å². The van der Waals surface area contributed by atoms with Crippen molar-refractivity contribution in [2.75, 3.05) is 18.8 Å². The molecule has 4 aromatic rings. The molecule has 0 amide bonds. The lowest BCUT2D eigenvalue weighted by atomic mass is 9.95. The van der Waals surface area contributed by atoms with E-state index in [1.54, 1.807) is 7.11 Å². The highest BCUT2D eigenvalue weighted by molar-refractivity contribution is 7.49. The summed E-state index contributed by atoms with van der Waals surface area (Å²) in [6.45, 7) is 11.0. The Labute approximate surface area is 230 Å². The van der Waals surface area contributed by atoms with E-state index in [2.05, 4.69) is 130 Å². The molecule has 0 aliphatic carbocycles. The van der Waals surface area contributed by atoms with Gasteiger partial charge in [0, 0.05) is 36.6 Å². The van der Waals surface area contributed by atoms with Crippen LogP contribution in [-0.2, 0) is 23.0 Å². The minimum Gasteiger partial charge on any atom is -0.467 e. The molecule has 0 N–H and O–H groups in total. The van der Waals surface area contributed by atoms with E-state index in [1.165, 1.54) is 38.8 Å². The molecule has 0 saturated heterocycles. The third-order valence-corrected chi connectivity index (χ3v) is 9.27. The number of hydrogen-bond donors (Lipinski definition) is 0. The maximum atomic E-state index is 6.06. The second kappa shape index (κ2) is 13.1. The van der Waals surface area contributed by atoms with Crippen molar-refractivity contribution in [3.8, 4) is 5.75 Å². The summed E-state index contributed by atoms with van der Waals surface area (Å²) in [6.07, 6.45) is 1.00. The highest BCUT2D eigenvalue weighted by atomic mass is 31.1. The molecule has 0 aliphatic rings. The van der Waals surface area contributed by atoms with E-state index in [-0.39, 0.29) is 11.9 Å². The summed E-state index contributed by atoms with van der Waals surface area (Å²) >= 11 is 0. The van der Waals surface area contributed by atoms with E-state index >= 15 is 0 Å². The molecule has 0 heterocycles. The predicted octanol–water partition coefficient (Wildman–Crippen LogP) is 8.12. The first kappa shape index (κ1) is 27.9. The van der Waals surface area contributed by atoms with Crippen LogP contribution in [0.15, 0.2) is 97.1 Å². The van der Waals surface area contributed by atoms with Gasteiger partial charge in [-0.2, -0.15) is 0 Å². The summed E-state index contributed by atoms with van der Waals surface area (Å²) in [5, 5.41) is 1.34. The van der Waals surface area contributed by atoms with Gasteiger partial charge in [-0.25, -0.2) is 0 Å². The monoisotopic (exact) mass is 525 g/mol. The molecule has 198 valence electrons. The van der Waals surface area contributed by atoms with Crippen molar-refractivity contribution in [3.63, 3.8) is 0 Å². The minimum absolute atomic E-state index is 0.0822. The number of anilines is 1. The molecule has 0 radical (unpaired) electrons. The Bertz CT molecular complexity index is 1270. The number of aryl methyl sites for hydroxylation is 2. The maximum Gasteiger partial charge on any atom is 0.188 e. The highest BCUT2D eigenvalue weighted by Crippen LogP contribution is 2.49. The molecule has 4 rings (SSSR count). The van der Waals surface area contributed by atoms with E-state index < -0.39 is 0 Å². The molecular weight excluding hydrogens is 485 g/mol. The summed E-state index contributed by atoms with van der Waals surface area (Å²) < 4.78 is 11.3. The molecule has 38 heavy (non-hydrogen) atoms. The van der Waals surface area contributed by atoms with Gasteiger partial charge in [-0.05, 0) is 54.4 Å². The van der Waals surface area contributed by atoms with Crippen LogP contribution < -0.4 is 14.9 Å². The number of hydrogen-bond acceptors (Lipinski definition) is 3. The lowest BCUT2D eigenvalue weighted by molar-refractivity contribution is 0.0500. The average molecular weight is 526 g/mol. The Morgan fingerprint density at radius 1 is 0.789 bits per heavy atom. The lowest BCUT2D eigenvalue weighted by Crippen LogP contribution is -2.29. The van der Waals surface area contributed by atoms with Crippen LogP contribution in [0.3, 0.4) is 0 Å². The summed E-state index contributed by atoms with van der Waals surface area (Å²) in [5.41, 5.74) is 7.76. The molecule has 4 aromatic carbocycles. The smallest absolute Gasteiger partial charge is 0.188 e. The summed E-state index contributed by atoms with van der Waals surface area (Å²) in [7, 11) is 2.24. The lowest BCUT2D eigenvalue weighted by Gasteiger charge is -2.35. The Hall–Kier alpha value is -3.13. The number of benzene rings is 4. The summed E-state index contributed by atoms with van der Waals surface area (Å²) in [5.74, 6) is 0.912. The van der Waals surface area contributed by atoms with Crippen molar-refractivity contribution >= 4 is 19.6 Å². The van der Waals surface area contributed by atoms with Crippen molar-refractivity contribution in [2.45, 2.75) is 52.4 Å². The van der Waals surface area contributed by atoms with Gasteiger partial charge in [-0.15, -0.1) is 0 Å². The van der Waals surface area contributed by atoms with Gasteiger partial charge in [-0.3, -0.25) is 0 Å². The molecule has 0 aliphatic heterocycles. The molecule has 4 heteroatoms. The van der Waals surface area contributed by atoms with Crippen LogP contribution in [0, 0.1) is 13.8 Å². The van der Waals surface area contributed by atoms with Crippen LogP contribution in [0.25, 0.3) is 0 Å². The minimum atomic E-state index is -0.0822. The zero-order chi connectivity index (χ0) is 27.0.